The van der Waals surface area contributed by atoms with E-state index in [0.29, 0.717) is 5.56 Å². The molecule has 0 aromatic heterocycles. The summed E-state index contributed by atoms with van der Waals surface area (Å²) in [6.07, 6.45) is 6.19. The second kappa shape index (κ2) is 6.10. The molecule has 1 heterocycles. The van der Waals surface area contributed by atoms with E-state index in [1.807, 2.05) is 30.5 Å². The van der Waals surface area contributed by atoms with Gasteiger partial charge in [-0.1, -0.05) is 25.0 Å². The number of nitrogens with one attached hydrogen (secondary N) is 1. The summed E-state index contributed by atoms with van der Waals surface area (Å²) in [5, 5.41) is 3.05. The van der Waals surface area contributed by atoms with Crippen molar-refractivity contribution in [3.05, 3.63) is 29.8 Å². The van der Waals surface area contributed by atoms with Gasteiger partial charge in [0.25, 0.3) is 5.91 Å². The fourth-order valence-corrected chi connectivity index (χ4v) is 3.97. The van der Waals surface area contributed by atoms with Crippen LogP contribution in [-0.2, 0) is 4.79 Å². The first-order chi connectivity index (χ1) is 10.2. The minimum absolute atomic E-state index is 0.00769. The Labute approximate surface area is 129 Å². The molecule has 2 fully saturated rings. The zero-order valence-corrected chi connectivity index (χ0v) is 13.0. The van der Waals surface area contributed by atoms with Crippen molar-refractivity contribution < 1.29 is 9.59 Å². The van der Waals surface area contributed by atoms with Crippen LogP contribution in [0, 0.1) is 0 Å². The third-order valence-corrected chi connectivity index (χ3v) is 5.18. The molecule has 1 N–H and O–H groups in total. The molecule has 1 aliphatic carbocycles. The van der Waals surface area contributed by atoms with Crippen LogP contribution in [-0.4, -0.2) is 41.6 Å². The first-order valence-corrected chi connectivity index (χ1v) is 8.66. The number of fused-ring (bicyclic) bond motifs is 1. The van der Waals surface area contributed by atoms with Gasteiger partial charge >= 0.3 is 0 Å². The van der Waals surface area contributed by atoms with Gasteiger partial charge in [0.15, 0.2) is 0 Å². The van der Waals surface area contributed by atoms with E-state index in [1.165, 1.54) is 0 Å². The Bertz CT molecular complexity index is 561. The summed E-state index contributed by atoms with van der Waals surface area (Å²) in [6.45, 7) is 0.183. The number of piperazine rings is 1. The van der Waals surface area contributed by atoms with Crippen LogP contribution in [0.2, 0.25) is 0 Å². The van der Waals surface area contributed by atoms with Gasteiger partial charge in [0, 0.05) is 10.9 Å². The molecule has 5 heteroatoms. The summed E-state index contributed by atoms with van der Waals surface area (Å²) < 4.78 is 0. The maximum absolute atomic E-state index is 12.9. The molecule has 1 aromatic rings. The normalized spacial score (nSPS) is 25.2. The second-order valence-electron chi connectivity index (χ2n) is 5.66. The second-order valence-corrected chi connectivity index (χ2v) is 6.51. The molecule has 3 rings (SSSR count). The molecule has 1 aromatic carbocycles. The Morgan fingerprint density at radius 3 is 2.86 bits per heavy atom. The van der Waals surface area contributed by atoms with Crippen LogP contribution in [0.5, 0.6) is 0 Å². The van der Waals surface area contributed by atoms with Crippen LogP contribution in [0.25, 0.3) is 0 Å². The first-order valence-electron chi connectivity index (χ1n) is 7.44. The molecule has 2 aliphatic rings. The van der Waals surface area contributed by atoms with Gasteiger partial charge in [0.2, 0.25) is 5.91 Å². The molecular weight excluding hydrogens is 284 g/mol. The monoisotopic (exact) mass is 304 g/mol. The minimum Gasteiger partial charge on any atom is -0.350 e. The molecule has 112 valence electrons. The third-order valence-electron chi connectivity index (χ3n) is 4.39. The summed E-state index contributed by atoms with van der Waals surface area (Å²) in [7, 11) is 0. The Kier molecular flexibility index (Phi) is 4.19. The van der Waals surface area contributed by atoms with E-state index in [1.54, 1.807) is 16.7 Å². The predicted molar refractivity (Wildman–Crippen MR) is 83.4 cm³/mol. The highest BCUT2D eigenvalue weighted by Gasteiger charge is 2.39. The standard InChI is InChI=1S/C16H20N2O2S/c1-21-14-9-5-2-6-11(14)16(20)18-10-15(19)17-12-7-3-4-8-13(12)18/h2,5-6,9,12-13H,3-4,7-8,10H2,1H3,(H,17,19)/t12-,13-/m1/s1. The van der Waals surface area contributed by atoms with Crippen LogP contribution in [0.15, 0.2) is 29.2 Å². The largest absolute Gasteiger partial charge is 0.350 e. The molecule has 1 saturated carbocycles. The molecule has 1 aliphatic heterocycles. The Hall–Kier alpha value is -1.49. The number of thioether (sulfide) groups is 1. The Balaban J connectivity index is 1.89. The molecule has 0 unspecified atom stereocenters. The maximum Gasteiger partial charge on any atom is 0.255 e. The predicted octanol–water partition coefficient (Wildman–Crippen LogP) is 2.29. The van der Waals surface area contributed by atoms with E-state index in [-0.39, 0.29) is 30.4 Å². The lowest BCUT2D eigenvalue weighted by Gasteiger charge is -2.44. The van der Waals surface area contributed by atoms with Gasteiger partial charge in [-0.05, 0) is 31.2 Å². The maximum atomic E-state index is 12.9. The lowest BCUT2D eigenvalue weighted by Crippen LogP contribution is -2.62. The number of nitrogens with zero attached hydrogens (tertiary/aromatic N) is 1. The lowest BCUT2D eigenvalue weighted by molar-refractivity contribution is -0.127. The number of hydrogen-bond acceptors (Lipinski definition) is 3. The SMILES string of the molecule is CSc1ccccc1C(=O)N1CC(=O)N[C@@H]2CCCC[C@H]21. The highest BCUT2D eigenvalue weighted by Crippen LogP contribution is 2.29. The van der Waals surface area contributed by atoms with Crippen molar-refractivity contribution >= 4 is 23.6 Å². The van der Waals surface area contributed by atoms with Crippen molar-refractivity contribution in [1.82, 2.24) is 10.2 Å². The molecular formula is C16H20N2O2S. The van der Waals surface area contributed by atoms with Gasteiger partial charge in [-0.15, -0.1) is 11.8 Å². The van der Waals surface area contributed by atoms with E-state index >= 15 is 0 Å². The van der Waals surface area contributed by atoms with Gasteiger partial charge < -0.3 is 10.2 Å². The molecule has 4 nitrogen and oxygen atoms in total. The van der Waals surface area contributed by atoms with Crippen molar-refractivity contribution in [3.8, 4) is 0 Å². The van der Waals surface area contributed by atoms with Gasteiger partial charge in [0.05, 0.1) is 11.6 Å². The molecule has 2 amide bonds. The van der Waals surface area contributed by atoms with Crippen molar-refractivity contribution in [2.45, 2.75) is 42.7 Å². The number of carbonyl (C=O) groups is 2. The van der Waals surface area contributed by atoms with Crippen LogP contribution in [0.4, 0.5) is 0 Å². The summed E-state index contributed by atoms with van der Waals surface area (Å²) in [5.74, 6) is -0.0418. The number of benzene rings is 1. The molecule has 2 atom stereocenters. The van der Waals surface area contributed by atoms with Crippen LogP contribution >= 0.6 is 11.8 Å². The number of rotatable bonds is 2. The van der Waals surface area contributed by atoms with E-state index in [0.717, 1.165) is 30.6 Å². The fourth-order valence-electron chi connectivity index (χ4n) is 3.38. The molecule has 1 saturated heterocycles. The van der Waals surface area contributed by atoms with Crippen LogP contribution in [0.3, 0.4) is 0 Å². The summed E-state index contributed by atoms with van der Waals surface area (Å²) >= 11 is 1.57. The van der Waals surface area contributed by atoms with Gasteiger partial charge in [-0.2, -0.15) is 0 Å². The minimum atomic E-state index is -0.0341. The van der Waals surface area contributed by atoms with Gasteiger partial charge in [-0.3, -0.25) is 9.59 Å². The first kappa shape index (κ1) is 14.4. The summed E-state index contributed by atoms with van der Waals surface area (Å²) in [4.78, 5) is 27.6. The Morgan fingerprint density at radius 1 is 1.29 bits per heavy atom. The van der Waals surface area contributed by atoms with E-state index in [9.17, 15) is 9.59 Å². The average Bonchev–Trinajstić information content (AvgIpc) is 2.53. The van der Waals surface area contributed by atoms with Gasteiger partial charge in [-0.25, -0.2) is 0 Å². The van der Waals surface area contributed by atoms with Crippen molar-refractivity contribution in [2.75, 3.05) is 12.8 Å². The summed E-state index contributed by atoms with van der Waals surface area (Å²) in [6, 6.07) is 7.92. The molecule has 0 bridgehead atoms. The summed E-state index contributed by atoms with van der Waals surface area (Å²) in [5.41, 5.74) is 0.712. The van der Waals surface area contributed by atoms with Gasteiger partial charge in [0.1, 0.15) is 6.54 Å². The average molecular weight is 304 g/mol. The number of carbonyl (C=O) groups excluding carboxylic acids is 2. The zero-order chi connectivity index (χ0) is 14.8. The Morgan fingerprint density at radius 2 is 2.05 bits per heavy atom. The van der Waals surface area contributed by atoms with Crippen molar-refractivity contribution in [2.24, 2.45) is 0 Å². The molecule has 0 radical (unpaired) electrons. The fraction of sp³-hybridized carbons (Fsp3) is 0.500. The third kappa shape index (κ3) is 2.79. The van der Waals surface area contributed by atoms with Crippen LogP contribution < -0.4 is 5.32 Å². The highest BCUT2D eigenvalue weighted by atomic mass is 32.2. The number of hydrogen-bond donors (Lipinski definition) is 1. The molecule has 0 spiro atoms. The van der Waals surface area contributed by atoms with E-state index in [4.69, 9.17) is 0 Å². The zero-order valence-electron chi connectivity index (χ0n) is 12.2. The van der Waals surface area contributed by atoms with E-state index < -0.39 is 0 Å². The lowest BCUT2D eigenvalue weighted by atomic mass is 9.87. The van der Waals surface area contributed by atoms with Crippen LogP contribution in [0.1, 0.15) is 36.0 Å². The van der Waals surface area contributed by atoms with E-state index in [2.05, 4.69) is 5.32 Å². The van der Waals surface area contributed by atoms with Crippen molar-refractivity contribution in [3.63, 3.8) is 0 Å². The number of amides is 2. The molecule has 21 heavy (non-hydrogen) atoms. The topological polar surface area (TPSA) is 49.4 Å². The highest BCUT2D eigenvalue weighted by molar-refractivity contribution is 7.98. The smallest absolute Gasteiger partial charge is 0.255 e. The quantitative estimate of drug-likeness (QED) is 0.853. The van der Waals surface area contributed by atoms with Crippen molar-refractivity contribution in [1.29, 1.82) is 0 Å².